The zero-order valence-corrected chi connectivity index (χ0v) is 8.63. The molecule has 0 spiro atoms. The van der Waals surface area contributed by atoms with E-state index in [2.05, 4.69) is 0 Å². The Morgan fingerprint density at radius 1 is 1.12 bits per heavy atom. The summed E-state index contributed by atoms with van der Waals surface area (Å²) in [6.45, 7) is -0.0215. The predicted molar refractivity (Wildman–Crippen MR) is 53.1 cm³/mol. The Bertz CT molecular complexity index is 306. The molecule has 0 amide bonds. The molecule has 1 rings (SSSR count). The topological polar surface area (TPSA) is 29.5 Å². The summed E-state index contributed by atoms with van der Waals surface area (Å²) in [6, 6.07) is 6.58. The van der Waals surface area contributed by atoms with E-state index >= 15 is 0 Å². The predicted octanol–water partition coefficient (Wildman–Crippen LogP) is 2.90. The van der Waals surface area contributed by atoms with Crippen molar-refractivity contribution in [2.45, 2.75) is 25.6 Å². The molecule has 0 unspecified atom stereocenters. The van der Waals surface area contributed by atoms with E-state index in [1.807, 2.05) is 0 Å². The molecule has 90 valence electrons. The van der Waals surface area contributed by atoms with Crippen LogP contribution in [0.5, 0.6) is 5.75 Å². The highest BCUT2D eigenvalue weighted by atomic mass is 19.4. The minimum atomic E-state index is -4.12. The lowest BCUT2D eigenvalue weighted by Gasteiger charge is -2.08. The maximum absolute atomic E-state index is 11.8. The summed E-state index contributed by atoms with van der Waals surface area (Å²) in [5.74, 6) is 0.513. The SMILES string of the molecule is OCc1ccc(OCCCC(F)(F)F)cc1. The Kier molecular flexibility index (Phi) is 4.61. The fourth-order valence-electron chi connectivity index (χ4n) is 1.15. The van der Waals surface area contributed by atoms with Gasteiger partial charge in [-0.05, 0) is 24.1 Å². The van der Waals surface area contributed by atoms with Gasteiger partial charge >= 0.3 is 6.18 Å². The molecule has 0 aliphatic carbocycles. The molecule has 0 fully saturated rings. The van der Waals surface area contributed by atoms with Crippen molar-refractivity contribution in [3.8, 4) is 5.75 Å². The van der Waals surface area contributed by atoms with E-state index in [9.17, 15) is 13.2 Å². The molecule has 0 atom stereocenters. The first-order valence-corrected chi connectivity index (χ1v) is 4.90. The maximum atomic E-state index is 11.8. The normalized spacial score (nSPS) is 11.5. The fraction of sp³-hybridized carbons (Fsp3) is 0.455. The van der Waals surface area contributed by atoms with Crippen LogP contribution in [-0.4, -0.2) is 17.9 Å². The Morgan fingerprint density at radius 3 is 2.25 bits per heavy atom. The number of hydrogen-bond donors (Lipinski definition) is 1. The second-order valence-corrected chi connectivity index (χ2v) is 3.37. The first-order valence-electron chi connectivity index (χ1n) is 4.90. The maximum Gasteiger partial charge on any atom is 0.389 e. The molecule has 5 heteroatoms. The summed E-state index contributed by atoms with van der Waals surface area (Å²) in [4.78, 5) is 0. The lowest BCUT2D eigenvalue weighted by atomic mass is 10.2. The van der Waals surface area contributed by atoms with E-state index in [0.29, 0.717) is 5.75 Å². The van der Waals surface area contributed by atoms with Crippen LogP contribution in [-0.2, 0) is 6.61 Å². The van der Waals surface area contributed by atoms with Crippen molar-refractivity contribution >= 4 is 0 Å². The van der Waals surface area contributed by atoms with Gasteiger partial charge in [-0.2, -0.15) is 13.2 Å². The number of rotatable bonds is 5. The van der Waals surface area contributed by atoms with Crippen molar-refractivity contribution in [2.24, 2.45) is 0 Å². The molecular weight excluding hydrogens is 221 g/mol. The van der Waals surface area contributed by atoms with Gasteiger partial charge in [0.1, 0.15) is 5.75 Å². The van der Waals surface area contributed by atoms with E-state index in [1.54, 1.807) is 24.3 Å². The third kappa shape index (κ3) is 5.02. The lowest BCUT2D eigenvalue weighted by molar-refractivity contribution is -0.136. The van der Waals surface area contributed by atoms with E-state index in [-0.39, 0.29) is 19.6 Å². The van der Waals surface area contributed by atoms with Crippen molar-refractivity contribution < 1.29 is 23.0 Å². The first kappa shape index (κ1) is 12.8. The molecule has 1 N–H and O–H groups in total. The number of aliphatic hydroxyl groups is 1. The molecule has 0 radical (unpaired) electrons. The van der Waals surface area contributed by atoms with Crippen LogP contribution in [0.15, 0.2) is 24.3 Å². The number of aliphatic hydroxyl groups excluding tert-OH is 1. The summed E-state index contributed by atoms with van der Waals surface area (Å²) in [5, 5.41) is 8.77. The van der Waals surface area contributed by atoms with Gasteiger partial charge in [0.15, 0.2) is 0 Å². The van der Waals surface area contributed by atoms with Crippen molar-refractivity contribution in [1.29, 1.82) is 0 Å². The first-order chi connectivity index (χ1) is 7.51. The van der Waals surface area contributed by atoms with E-state index < -0.39 is 12.6 Å². The van der Waals surface area contributed by atoms with E-state index in [0.717, 1.165) is 5.56 Å². The molecule has 1 aromatic carbocycles. The average Bonchev–Trinajstić information content (AvgIpc) is 2.24. The Morgan fingerprint density at radius 2 is 1.75 bits per heavy atom. The van der Waals surface area contributed by atoms with Crippen LogP contribution < -0.4 is 4.74 Å². The smallest absolute Gasteiger partial charge is 0.389 e. The van der Waals surface area contributed by atoms with Crippen LogP contribution in [0.3, 0.4) is 0 Å². The van der Waals surface area contributed by atoms with E-state index in [1.165, 1.54) is 0 Å². The lowest BCUT2D eigenvalue weighted by Crippen LogP contribution is -2.09. The Balaban J connectivity index is 2.27. The van der Waals surface area contributed by atoms with Crippen LogP contribution in [0.25, 0.3) is 0 Å². The summed E-state index contributed by atoms with van der Waals surface area (Å²) in [7, 11) is 0. The third-order valence-electron chi connectivity index (χ3n) is 1.98. The van der Waals surface area contributed by atoms with Crippen LogP contribution in [0.4, 0.5) is 13.2 Å². The molecule has 0 aliphatic heterocycles. The van der Waals surface area contributed by atoms with Crippen LogP contribution in [0, 0.1) is 0 Å². The van der Waals surface area contributed by atoms with Gasteiger partial charge in [-0.15, -0.1) is 0 Å². The second-order valence-electron chi connectivity index (χ2n) is 3.37. The molecule has 1 aromatic rings. The number of halogens is 3. The van der Waals surface area contributed by atoms with Gasteiger partial charge in [-0.25, -0.2) is 0 Å². The summed E-state index contributed by atoms with van der Waals surface area (Å²) < 4.78 is 40.5. The van der Waals surface area contributed by atoms with Gasteiger partial charge in [-0.3, -0.25) is 0 Å². The molecule has 0 heterocycles. The molecule has 0 aromatic heterocycles. The van der Waals surface area contributed by atoms with Gasteiger partial charge in [0, 0.05) is 6.42 Å². The van der Waals surface area contributed by atoms with Gasteiger partial charge in [0.05, 0.1) is 13.2 Å². The number of hydrogen-bond acceptors (Lipinski definition) is 2. The minimum Gasteiger partial charge on any atom is -0.494 e. The molecule has 0 saturated heterocycles. The second kappa shape index (κ2) is 5.75. The highest BCUT2D eigenvalue weighted by Gasteiger charge is 2.25. The number of ether oxygens (including phenoxy) is 1. The largest absolute Gasteiger partial charge is 0.494 e. The molecule has 0 aliphatic rings. The van der Waals surface area contributed by atoms with Gasteiger partial charge in [0.25, 0.3) is 0 Å². The highest BCUT2D eigenvalue weighted by molar-refractivity contribution is 5.26. The quantitative estimate of drug-likeness (QED) is 0.794. The summed E-state index contributed by atoms with van der Waals surface area (Å²) >= 11 is 0. The zero-order valence-electron chi connectivity index (χ0n) is 8.63. The molecule has 0 saturated carbocycles. The van der Waals surface area contributed by atoms with Crippen molar-refractivity contribution in [1.82, 2.24) is 0 Å². The van der Waals surface area contributed by atoms with Crippen LogP contribution >= 0.6 is 0 Å². The van der Waals surface area contributed by atoms with Crippen LogP contribution in [0.2, 0.25) is 0 Å². The van der Waals surface area contributed by atoms with Gasteiger partial charge < -0.3 is 9.84 Å². The van der Waals surface area contributed by atoms with Crippen molar-refractivity contribution in [3.63, 3.8) is 0 Å². The van der Waals surface area contributed by atoms with Crippen molar-refractivity contribution in [3.05, 3.63) is 29.8 Å². The molecule has 2 nitrogen and oxygen atoms in total. The van der Waals surface area contributed by atoms with Gasteiger partial charge in [0.2, 0.25) is 0 Å². The van der Waals surface area contributed by atoms with Crippen LogP contribution in [0.1, 0.15) is 18.4 Å². The van der Waals surface area contributed by atoms with E-state index in [4.69, 9.17) is 9.84 Å². The van der Waals surface area contributed by atoms with Gasteiger partial charge in [-0.1, -0.05) is 12.1 Å². The summed E-state index contributed by atoms with van der Waals surface area (Å²) in [6.07, 6.45) is -5.00. The highest BCUT2D eigenvalue weighted by Crippen LogP contribution is 2.21. The standard InChI is InChI=1S/C11H13F3O2/c12-11(13,14)6-1-7-16-10-4-2-9(8-15)3-5-10/h2-5,15H,1,6-8H2. The summed E-state index contributed by atoms with van der Waals surface area (Å²) in [5.41, 5.74) is 0.739. The Labute approximate surface area is 91.7 Å². The number of benzene rings is 1. The fourth-order valence-corrected chi connectivity index (χ4v) is 1.15. The Hall–Kier alpha value is -1.23. The molecular formula is C11H13F3O2. The average molecular weight is 234 g/mol. The number of alkyl halides is 3. The van der Waals surface area contributed by atoms with Crippen molar-refractivity contribution in [2.75, 3.05) is 6.61 Å². The molecule has 0 bridgehead atoms. The minimum absolute atomic E-state index is 0.0397. The monoisotopic (exact) mass is 234 g/mol. The third-order valence-corrected chi connectivity index (χ3v) is 1.98. The zero-order chi connectivity index (χ0) is 12.0. The molecule has 16 heavy (non-hydrogen) atoms.